The summed E-state index contributed by atoms with van der Waals surface area (Å²) < 4.78 is 78.6. The number of aromatic nitrogens is 8. The van der Waals surface area contributed by atoms with E-state index in [0.29, 0.717) is 11.2 Å². The van der Waals surface area contributed by atoms with E-state index in [9.17, 15) is 22.7 Å². The van der Waals surface area contributed by atoms with Crippen LogP contribution < -0.4 is 21.7 Å². The number of imidazole rings is 2. The summed E-state index contributed by atoms with van der Waals surface area (Å²) in [6, 6.07) is 0. The second-order valence-electron chi connectivity index (χ2n) is 10.3. The molecule has 4 aromatic rings. The third kappa shape index (κ3) is 5.45. The van der Waals surface area contributed by atoms with Crippen molar-refractivity contribution in [1.82, 2.24) is 43.8 Å². The molecule has 7 rings (SSSR count). The Balaban J connectivity index is 1.21. The molecule has 3 fully saturated rings. The van der Waals surface area contributed by atoms with Crippen LogP contribution >= 0.6 is 7.82 Å². The maximum Gasteiger partial charge on any atom is 0.472 e. The fourth-order valence-corrected chi connectivity index (χ4v) is 7.45. The van der Waals surface area contributed by atoms with Crippen LogP contribution in [0.25, 0.3) is 22.3 Å². The largest absolute Gasteiger partial charge is 0.472 e. The van der Waals surface area contributed by atoms with Gasteiger partial charge >= 0.3 is 18.1 Å². The van der Waals surface area contributed by atoms with Gasteiger partial charge in [-0.1, -0.05) is 0 Å². The number of phosphoric ester groups is 1. The van der Waals surface area contributed by atoms with Gasteiger partial charge in [0.05, 0.1) is 19.3 Å². The van der Waals surface area contributed by atoms with Gasteiger partial charge in [-0.3, -0.25) is 32.1 Å². The molecule has 22 nitrogen and oxygen atoms in total. The Morgan fingerprint density at radius 3 is 2.64 bits per heavy atom. The topological polar surface area (TPSA) is 298 Å². The number of phosphoric acid groups is 1. The summed E-state index contributed by atoms with van der Waals surface area (Å²) in [6.07, 6.45) is -4.41. The first-order valence-electron chi connectivity index (χ1n) is 13.3. The van der Waals surface area contributed by atoms with Crippen molar-refractivity contribution in [2.24, 2.45) is 0 Å². The molecule has 8 atom stereocenters. The molecule has 0 saturated carbocycles. The van der Waals surface area contributed by atoms with Crippen LogP contribution in [0.3, 0.4) is 0 Å². The Bertz CT molecular complexity index is 1990. The molecule has 0 aliphatic carbocycles. The van der Waals surface area contributed by atoms with Crippen LogP contribution in [0.5, 0.6) is 0 Å². The van der Waals surface area contributed by atoms with Gasteiger partial charge < -0.3 is 30.6 Å². The van der Waals surface area contributed by atoms with Gasteiger partial charge in [0, 0.05) is 20.1 Å². The molecule has 7 N–H and O–H groups in total. The van der Waals surface area contributed by atoms with Gasteiger partial charge in [0.25, 0.3) is 5.56 Å². The summed E-state index contributed by atoms with van der Waals surface area (Å²) in [6.45, 7) is -1.05. The van der Waals surface area contributed by atoms with Gasteiger partial charge in [0.15, 0.2) is 28.9 Å². The summed E-state index contributed by atoms with van der Waals surface area (Å²) in [7, 11) is -8.15. The van der Waals surface area contributed by atoms with Crippen LogP contribution in [0.15, 0.2) is 23.8 Å². The lowest BCUT2D eigenvalue weighted by atomic mass is 10.1. The van der Waals surface area contributed by atoms with Crippen LogP contribution in [0, 0.1) is 0 Å². The van der Waals surface area contributed by atoms with Gasteiger partial charge in [0.1, 0.15) is 48.6 Å². The highest BCUT2D eigenvalue weighted by atomic mass is 32.2. The van der Waals surface area contributed by atoms with Crippen LogP contribution in [-0.4, -0.2) is 103 Å². The Hall–Kier alpha value is -3.64. The van der Waals surface area contributed by atoms with Crippen LogP contribution in [0.4, 0.5) is 11.8 Å². The molecular formula is C21H26N11O11PS. The van der Waals surface area contributed by atoms with Gasteiger partial charge in [-0.2, -0.15) is 18.1 Å². The average molecular weight is 672 g/mol. The number of nitrogens with two attached hydrogens (primary N) is 2. The number of hydrogen-bond acceptors (Lipinski definition) is 17. The number of aromatic amines is 1. The number of hydrogen-bond donors (Lipinski definition) is 5. The highest BCUT2D eigenvalue weighted by Crippen LogP contribution is 2.50. The Labute approximate surface area is 251 Å². The standard InChI is InChI=1S/C21H26N11O11PS/c1-38-14-9-3-28-45(36,37)43-8-2-11(31-6-26-12-16(22)24-5-25-17(12)31)40-10(8)4-39-44(34,35)42-15(14)20(41-9)32-7-27-13-18(32)29-21(23)30-19(13)33/h5-11,14-15,20,28H,2-4H2,1H3,(H,34,35)(H2,22,24,25)(H3,23,29,30,33). The number of methoxy groups -OCH3 is 1. The molecule has 2 bridgehead atoms. The van der Waals surface area contributed by atoms with Crippen molar-refractivity contribution in [3.8, 4) is 0 Å². The van der Waals surface area contributed by atoms with E-state index in [2.05, 4.69) is 34.6 Å². The number of ether oxygens (including phenoxy) is 3. The molecule has 45 heavy (non-hydrogen) atoms. The lowest BCUT2D eigenvalue weighted by Gasteiger charge is -2.26. The summed E-state index contributed by atoms with van der Waals surface area (Å²) >= 11 is 0. The summed E-state index contributed by atoms with van der Waals surface area (Å²) in [5, 5.41) is 0. The lowest BCUT2D eigenvalue weighted by Crippen LogP contribution is -2.43. The lowest BCUT2D eigenvalue weighted by molar-refractivity contribution is -0.0552. The minimum Gasteiger partial charge on any atom is -0.382 e. The van der Waals surface area contributed by atoms with E-state index >= 15 is 0 Å². The van der Waals surface area contributed by atoms with Gasteiger partial charge in [-0.15, -0.1) is 0 Å². The van der Waals surface area contributed by atoms with Gasteiger partial charge in [-0.25, -0.2) is 24.5 Å². The van der Waals surface area contributed by atoms with Crippen molar-refractivity contribution >= 4 is 52.2 Å². The molecule has 8 unspecified atom stereocenters. The molecule has 24 heteroatoms. The van der Waals surface area contributed by atoms with Crippen molar-refractivity contribution in [2.75, 3.05) is 31.7 Å². The molecule has 0 spiro atoms. The normalized spacial score (nSPS) is 33.9. The van der Waals surface area contributed by atoms with Crippen molar-refractivity contribution in [1.29, 1.82) is 0 Å². The molecule has 0 aromatic carbocycles. The average Bonchev–Trinajstić information content (AvgIpc) is 3.74. The zero-order chi connectivity index (χ0) is 31.7. The molecule has 3 saturated heterocycles. The number of anilines is 2. The van der Waals surface area contributed by atoms with Crippen LogP contribution in [-0.2, 0) is 42.3 Å². The Morgan fingerprint density at radius 2 is 1.84 bits per heavy atom. The molecular weight excluding hydrogens is 645 g/mol. The predicted molar refractivity (Wildman–Crippen MR) is 148 cm³/mol. The number of nitrogens with one attached hydrogen (secondary N) is 2. The van der Waals surface area contributed by atoms with Gasteiger partial charge in [-0.05, 0) is 0 Å². The number of fused-ring (bicyclic) bond motifs is 5. The van der Waals surface area contributed by atoms with Crippen molar-refractivity contribution in [3.05, 3.63) is 29.3 Å². The zero-order valence-electron chi connectivity index (χ0n) is 23.1. The third-order valence-corrected chi connectivity index (χ3v) is 9.53. The second kappa shape index (κ2) is 11.0. The molecule has 0 amide bonds. The molecule has 0 radical (unpaired) electrons. The number of nitrogen functional groups attached to an aromatic ring is 2. The van der Waals surface area contributed by atoms with E-state index in [4.69, 9.17) is 38.9 Å². The highest BCUT2D eigenvalue weighted by Gasteiger charge is 2.52. The molecule has 242 valence electrons. The van der Waals surface area contributed by atoms with Crippen molar-refractivity contribution in [2.45, 2.75) is 49.4 Å². The van der Waals surface area contributed by atoms with Gasteiger partial charge in [0.2, 0.25) is 5.95 Å². The minimum absolute atomic E-state index is 0.0311. The monoisotopic (exact) mass is 671 g/mol. The van der Waals surface area contributed by atoms with Crippen molar-refractivity contribution < 1.29 is 45.3 Å². The number of rotatable bonds is 3. The first kappa shape index (κ1) is 30.0. The van der Waals surface area contributed by atoms with Crippen molar-refractivity contribution in [3.63, 3.8) is 0 Å². The number of H-pyrrole nitrogens is 1. The SMILES string of the molecule is COC1C2CNS(=O)(=O)OC3CC(n4cnc5c(N)ncnc54)OC3COP(=O)(O)OC1C(n1cnc3c(=O)[nH]c(N)nc31)O2. The maximum absolute atomic E-state index is 13.3. The minimum atomic E-state index is -4.94. The predicted octanol–water partition coefficient (Wildman–Crippen LogP) is -1.94. The summed E-state index contributed by atoms with van der Waals surface area (Å²) in [5.41, 5.74) is 11.4. The Morgan fingerprint density at radius 1 is 1.07 bits per heavy atom. The fourth-order valence-electron chi connectivity index (χ4n) is 5.56. The maximum atomic E-state index is 13.3. The summed E-state index contributed by atoms with van der Waals surface area (Å²) in [4.78, 5) is 45.9. The van der Waals surface area contributed by atoms with Crippen LogP contribution in [0.2, 0.25) is 0 Å². The first-order chi connectivity index (χ1) is 21.4. The quantitative estimate of drug-likeness (QED) is 0.148. The molecule has 3 aliphatic heterocycles. The summed E-state index contributed by atoms with van der Waals surface area (Å²) in [5.74, 6) is -0.0971. The van der Waals surface area contributed by atoms with Crippen LogP contribution in [0.1, 0.15) is 18.9 Å². The van der Waals surface area contributed by atoms with E-state index in [1.54, 1.807) is 0 Å². The zero-order valence-corrected chi connectivity index (χ0v) is 24.8. The Kier molecular flexibility index (Phi) is 7.35. The fraction of sp³-hybridized carbons (Fsp3) is 0.524. The molecule has 4 aromatic heterocycles. The van der Waals surface area contributed by atoms with E-state index in [-0.39, 0.29) is 29.4 Å². The van der Waals surface area contributed by atoms with E-state index in [0.717, 1.165) is 0 Å². The van der Waals surface area contributed by atoms with E-state index in [1.165, 1.54) is 35.2 Å². The third-order valence-electron chi connectivity index (χ3n) is 7.53. The first-order valence-corrected chi connectivity index (χ1v) is 16.2. The molecule has 7 heterocycles. The van der Waals surface area contributed by atoms with E-state index < -0.39 is 79.8 Å². The second-order valence-corrected chi connectivity index (χ2v) is 13.1. The van der Waals surface area contributed by atoms with E-state index in [1.807, 2.05) is 0 Å². The number of nitrogens with zero attached hydrogens (tertiary/aromatic N) is 7. The highest BCUT2D eigenvalue weighted by molar-refractivity contribution is 7.84. The molecule has 3 aliphatic rings. The smallest absolute Gasteiger partial charge is 0.382 e.